The minimum absolute atomic E-state index is 0.0940. The number of rotatable bonds is 10. The van der Waals surface area contributed by atoms with E-state index in [4.69, 9.17) is 15.9 Å². The molecule has 0 radical (unpaired) electrons. The molecule has 12 heteroatoms. The predicted octanol–water partition coefficient (Wildman–Crippen LogP) is -2.81. The van der Waals surface area contributed by atoms with Crippen LogP contribution in [0.25, 0.3) is 0 Å². The number of carbonyl (C=O) groups is 4. The summed E-state index contributed by atoms with van der Waals surface area (Å²) < 4.78 is 0. The molecular formula is C14H21N5O7. The first-order chi connectivity index (χ1) is 12.1. The number of H-pyrrole nitrogens is 1. The van der Waals surface area contributed by atoms with Gasteiger partial charge in [-0.25, -0.2) is 9.78 Å². The number of nitrogens with one attached hydrogen (secondary N) is 3. The van der Waals surface area contributed by atoms with Crippen LogP contribution in [0.5, 0.6) is 0 Å². The monoisotopic (exact) mass is 371 g/mol. The van der Waals surface area contributed by atoms with Crippen molar-refractivity contribution < 1.29 is 34.5 Å². The van der Waals surface area contributed by atoms with Crippen molar-refractivity contribution in [2.24, 2.45) is 5.73 Å². The van der Waals surface area contributed by atoms with Crippen LogP contribution in [0.15, 0.2) is 12.5 Å². The van der Waals surface area contributed by atoms with Crippen LogP contribution in [0.1, 0.15) is 19.0 Å². The molecule has 2 amide bonds. The summed E-state index contributed by atoms with van der Waals surface area (Å²) in [6.07, 6.45) is 0.727. The Balaban J connectivity index is 2.74. The molecule has 4 unspecified atom stereocenters. The predicted molar refractivity (Wildman–Crippen MR) is 85.7 cm³/mol. The van der Waals surface area contributed by atoms with Crippen LogP contribution in [0.2, 0.25) is 0 Å². The molecule has 0 aliphatic carbocycles. The number of aromatic nitrogens is 2. The summed E-state index contributed by atoms with van der Waals surface area (Å²) in [5.41, 5.74) is 6.31. The van der Waals surface area contributed by atoms with E-state index in [1.165, 1.54) is 19.4 Å². The highest BCUT2D eigenvalue weighted by molar-refractivity contribution is 5.93. The van der Waals surface area contributed by atoms with E-state index >= 15 is 0 Å². The van der Waals surface area contributed by atoms with E-state index in [0.717, 1.165) is 0 Å². The number of carbonyl (C=O) groups excluding carboxylic acids is 2. The van der Waals surface area contributed by atoms with Gasteiger partial charge in [-0.15, -0.1) is 0 Å². The molecule has 1 heterocycles. The highest BCUT2D eigenvalue weighted by Gasteiger charge is 2.31. The van der Waals surface area contributed by atoms with Crippen LogP contribution in [0.3, 0.4) is 0 Å². The molecule has 0 bridgehead atoms. The van der Waals surface area contributed by atoms with E-state index in [1.54, 1.807) is 0 Å². The number of aliphatic hydroxyl groups is 1. The molecule has 0 aromatic carbocycles. The standard InChI is InChI=1S/C14H21N5O7/c1-6(20)11(13(24)18-9(14(25)26)3-10(21)22)19-12(23)8(15)2-7-4-16-5-17-7/h4-6,8-9,11,20H,2-3,15H2,1H3,(H,16,17)(H,18,24)(H,19,23)(H,21,22)(H,25,26). The second kappa shape index (κ2) is 9.48. The zero-order chi connectivity index (χ0) is 19.9. The van der Waals surface area contributed by atoms with Crippen LogP contribution in [-0.2, 0) is 25.6 Å². The summed E-state index contributed by atoms with van der Waals surface area (Å²) in [5, 5.41) is 31.5. The lowest BCUT2D eigenvalue weighted by atomic mass is 10.1. The van der Waals surface area contributed by atoms with Gasteiger partial charge >= 0.3 is 11.9 Å². The zero-order valence-corrected chi connectivity index (χ0v) is 13.9. The van der Waals surface area contributed by atoms with Crippen molar-refractivity contribution in [3.8, 4) is 0 Å². The van der Waals surface area contributed by atoms with E-state index in [-0.39, 0.29) is 6.42 Å². The summed E-state index contributed by atoms with van der Waals surface area (Å²) in [6.45, 7) is 1.21. The third-order valence-electron chi connectivity index (χ3n) is 3.39. The highest BCUT2D eigenvalue weighted by Crippen LogP contribution is 2.01. The number of aliphatic hydroxyl groups excluding tert-OH is 1. The Labute approximate surface area is 147 Å². The first-order valence-corrected chi connectivity index (χ1v) is 7.58. The molecule has 144 valence electrons. The molecular weight excluding hydrogens is 350 g/mol. The lowest BCUT2D eigenvalue weighted by Gasteiger charge is -2.24. The lowest BCUT2D eigenvalue weighted by molar-refractivity contribution is -0.147. The van der Waals surface area contributed by atoms with E-state index in [2.05, 4.69) is 15.3 Å². The number of nitrogens with zero attached hydrogens (tertiary/aromatic N) is 1. The molecule has 12 nitrogen and oxygen atoms in total. The fourth-order valence-corrected chi connectivity index (χ4v) is 2.03. The van der Waals surface area contributed by atoms with Crippen molar-refractivity contribution in [1.82, 2.24) is 20.6 Å². The van der Waals surface area contributed by atoms with Crippen LogP contribution in [-0.4, -0.2) is 73.3 Å². The maximum absolute atomic E-state index is 12.2. The van der Waals surface area contributed by atoms with Gasteiger partial charge in [-0.3, -0.25) is 14.4 Å². The SMILES string of the molecule is CC(O)C(NC(=O)C(N)Cc1cnc[nH]1)C(=O)NC(CC(=O)O)C(=O)O. The Kier molecular flexibility index (Phi) is 7.68. The molecule has 8 N–H and O–H groups in total. The van der Waals surface area contributed by atoms with Gasteiger partial charge in [0, 0.05) is 18.3 Å². The highest BCUT2D eigenvalue weighted by atomic mass is 16.4. The lowest BCUT2D eigenvalue weighted by Crippen LogP contribution is -2.58. The quantitative estimate of drug-likeness (QED) is 0.226. The Morgan fingerprint density at radius 3 is 2.35 bits per heavy atom. The summed E-state index contributed by atoms with van der Waals surface area (Å²) in [5.74, 6) is -4.80. The third-order valence-corrected chi connectivity index (χ3v) is 3.39. The van der Waals surface area contributed by atoms with Gasteiger partial charge in [-0.1, -0.05) is 0 Å². The Morgan fingerprint density at radius 1 is 1.23 bits per heavy atom. The Morgan fingerprint density at radius 2 is 1.88 bits per heavy atom. The fraction of sp³-hybridized carbons (Fsp3) is 0.500. The second-order valence-corrected chi connectivity index (χ2v) is 5.61. The van der Waals surface area contributed by atoms with Gasteiger partial charge in [0.25, 0.3) is 0 Å². The second-order valence-electron chi connectivity index (χ2n) is 5.61. The van der Waals surface area contributed by atoms with E-state index < -0.39 is 54.4 Å². The molecule has 26 heavy (non-hydrogen) atoms. The minimum atomic E-state index is -1.71. The fourth-order valence-electron chi connectivity index (χ4n) is 2.03. The van der Waals surface area contributed by atoms with Crippen molar-refractivity contribution >= 4 is 23.8 Å². The van der Waals surface area contributed by atoms with Gasteiger partial charge in [0.2, 0.25) is 11.8 Å². The van der Waals surface area contributed by atoms with Crippen molar-refractivity contribution in [3.05, 3.63) is 18.2 Å². The molecule has 1 rings (SSSR count). The first-order valence-electron chi connectivity index (χ1n) is 7.58. The molecule has 0 fully saturated rings. The smallest absolute Gasteiger partial charge is 0.326 e. The topological polar surface area (TPSA) is 208 Å². The van der Waals surface area contributed by atoms with E-state index in [9.17, 15) is 24.3 Å². The number of aliphatic carboxylic acids is 2. The van der Waals surface area contributed by atoms with Crippen molar-refractivity contribution in [2.75, 3.05) is 0 Å². The normalized spacial score (nSPS) is 15.3. The largest absolute Gasteiger partial charge is 0.481 e. The maximum Gasteiger partial charge on any atom is 0.326 e. The molecule has 4 atom stereocenters. The summed E-state index contributed by atoms with van der Waals surface area (Å²) in [4.78, 5) is 52.5. The average molecular weight is 371 g/mol. The number of nitrogens with two attached hydrogens (primary N) is 1. The first kappa shape index (κ1) is 21.1. The van der Waals surface area contributed by atoms with Gasteiger partial charge in [0.1, 0.15) is 12.1 Å². The Hall–Kier alpha value is -2.99. The van der Waals surface area contributed by atoms with Gasteiger partial charge in [-0.2, -0.15) is 0 Å². The van der Waals surface area contributed by atoms with Crippen LogP contribution >= 0.6 is 0 Å². The number of aromatic amines is 1. The summed E-state index contributed by atoms with van der Waals surface area (Å²) in [7, 11) is 0. The van der Waals surface area contributed by atoms with Crippen molar-refractivity contribution in [1.29, 1.82) is 0 Å². The van der Waals surface area contributed by atoms with Gasteiger partial charge in [0.05, 0.1) is 24.9 Å². The number of imidazole rings is 1. The van der Waals surface area contributed by atoms with E-state index in [1.807, 2.05) is 5.32 Å². The maximum atomic E-state index is 12.2. The number of carboxylic acid groups (broad SMARTS) is 2. The summed E-state index contributed by atoms with van der Waals surface area (Å²) >= 11 is 0. The van der Waals surface area contributed by atoms with Crippen LogP contribution in [0.4, 0.5) is 0 Å². The molecule has 0 aliphatic rings. The van der Waals surface area contributed by atoms with Crippen LogP contribution < -0.4 is 16.4 Å². The zero-order valence-electron chi connectivity index (χ0n) is 13.9. The molecule has 0 saturated heterocycles. The molecule has 0 aliphatic heterocycles. The summed E-state index contributed by atoms with van der Waals surface area (Å²) in [6, 6.07) is -4.28. The molecule has 1 aromatic heterocycles. The van der Waals surface area contributed by atoms with Crippen LogP contribution in [0, 0.1) is 0 Å². The third kappa shape index (κ3) is 6.49. The minimum Gasteiger partial charge on any atom is -0.481 e. The number of hydrogen-bond donors (Lipinski definition) is 7. The van der Waals surface area contributed by atoms with Gasteiger partial charge in [0.15, 0.2) is 0 Å². The van der Waals surface area contributed by atoms with Gasteiger partial charge in [-0.05, 0) is 6.92 Å². The molecule has 0 spiro atoms. The number of carboxylic acids is 2. The average Bonchev–Trinajstić information content (AvgIpc) is 3.03. The Bertz CT molecular complexity index is 646. The molecule has 0 saturated carbocycles. The molecule has 1 aromatic rings. The van der Waals surface area contributed by atoms with E-state index in [0.29, 0.717) is 5.69 Å². The number of amides is 2. The van der Waals surface area contributed by atoms with Crippen molar-refractivity contribution in [2.45, 2.75) is 44.0 Å². The van der Waals surface area contributed by atoms with Gasteiger partial charge < -0.3 is 36.7 Å². The number of hydrogen-bond acceptors (Lipinski definition) is 7. The van der Waals surface area contributed by atoms with Crippen molar-refractivity contribution in [3.63, 3.8) is 0 Å².